The van der Waals surface area contributed by atoms with E-state index in [-0.39, 0.29) is 5.60 Å². The van der Waals surface area contributed by atoms with Gasteiger partial charge in [0.05, 0.1) is 12.2 Å². The Balaban J connectivity index is 2.47. The number of para-hydroxylation sites is 1. The number of rotatable bonds is 8. The van der Waals surface area contributed by atoms with E-state index in [9.17, 15) is 4.79 Å². The number of methoxy groups -OCH3 is 1. The first-order valence-electron chi connectivity index (χ1n) is 6.46. The van der Waals surface area contributed by atoms with Crippen LogP contribution in [0.1, 0.15) is 37.6 Å². The molecular weight excluding hydrogens is 260 g/mol. The van der Waals surface area contributed by atoms with E-state index < -0.39 is 5.97 Å². The van der Waals surface area contributed by atoms with Crippen LogP contribution >= 0.6 is 0 Å². The van der Waals surface area contributed by atoms with E-state index in [0.717, 1.165) is 0 Å². The molecule has 0 bridgehead atoms. The third-order valence-corrected chi connectivity index (χ3v) is 2.73. The molecule has 0 aliphatic rings. The highest BCUT2D eigenvalue weighted by Gasteiger charge is 2.18. The topological polar surface area (TPSA) is 54.0 Å². The smallest absolute Gasteiger partial charge is 0.376 e. The minimum absolute atomic E-state index is 0.328. The highest BCUT2D eigenvalue weighted by Crippen LogP contribution is 2.20. The molecule has 0 atom stereocenters. The molecule has 0 N–H and O–H groups in total. The maximum absolute atomic E-state index is 11.9. The van der Waals surface area contributed by atoms with Crippen molar-refractivity contribution in [3.63, 3.8) is 0 Å². The molecule has 1 rings (SSSR count). The summed E-state index contributed by atoms with van der Waals surface area (Å²) in [5.74, 6) is -0.124. The van der Waals surface area contributed by atoms with E-state index in [4.69, 9.17) is 19.2 Å². The second-order valence-corrected chi connectivity index (χ2v) is 4.73. The van der Waals surface area contributed by atoms with Gasteiger partial charge < -0.3 is 9.47 Å². The monoisotopic (exact) mass is 281 g/mol. The van der Waals surface area contributed by atoms with Gasteiger partial charge in [-0.15, -0.1) is 0 Å². The van der Waals surface area contributed by atoms with Gasteiger partial charge in [-0.2, -0.15) is 4.89 Å². The highest BCUT2D eigenvalue weighted by atomic mass is 17.2. The molecule has 1 aromatic carbocycles. The lowest BCUT2D eigenvalue weighted by atomic mass is 10.1. The van der Waals surface area contributed by atoms with Crippen LogP contribution in [0.25, 0.3) is 0 Å². The first kappa shape index (κ1) is 16.5. The minimum Gasteiger partial charge on any atom is -0.493 e. The van der Waals surface area contributed by atoms with Gasteiger partial charge in [-0.1, -0.05) is 12.1 Å². The lowest BCUT2D eigenvalue weighted by molar-refractivity contribution is -0.218. The van der Waals surface area contributed by atoms with Crippen molar-refractivity contribution < 1.29 is 24.0 Å². The molecule has 0 aromatic heterocycles. The summed E-state index contributed by atoms with van der Waals surface area (Å²) in [7, 11) is 1.61. The van der Waals surface area contributed by atoms with Crippen LogP contribution in [-0.2, 0) is 14.5 Å². The number of carbonyl (C=O) groups is 1. The molecule has 0 saturated heterocycles. The fourth-order valence-corrected chi connectivity index (χ4v) is 1.36. The van der Waals surface area contributed by atoms with Gasteiger partial charge in [-0.05, 0) is 32.9 Å². The number of ether oxygens (including phenoxy) is 2. The van der Waals surface area contributed by atoms with Gasteiger partial charge in [0, 0.05) is 13.5 Å². The van der Waals surface area contributed by atoms with Crippen LogP contribution in [0.4, 0.5) is 0 Å². The summed E-state index contributed by atoms with van der Waals surface area (Å²) in [6, 6.07) is 6.85. The van der Waals surface area contributed by atoms with E-state index in [1.807, 2.05) is 20.8 Å². The third-order valence-electron chi connectivity index (χ3n) is 2.73. The molecule has 0 aliphatic heterocycles. The first-order valence-corrected chi connectivity index (χ1v) is 6.46. The molecule has 111 valence electrons. The van der Waals surface area contributed by atoms with Gasteiger partial charge in [0.1, 0.15) is 17.9 Å². The van der Waals surface area contributed by atoms with Gasteiger partial charge in [-0.3, -0.25) is 4.89 Å². The van der Waals surface area contributed by atoms with Crippen LogP contribution in [0.2, 0.25) is 0 Å². The van der Waals surface area contributed by atoms with Gasteiger partial charge in [0.25, 0.3) is 0 Å². The van der Waals surface area contributed by atoms with Gasteiger partial charge in [-0.25, -0.2) is 4.79 Å². The van der Waals surface area contributed by atoms with Crippen molar-refractivity contribution in [2.45, 2.75) is 32.8 Å². The zero-order valence-corrected chi connectivity index (χ0v) is 12.3. The Morgan fingerprint density at radius 2 is 2.00 bits per heavy atom. The number of carbonyl (C=O) groups excluding carboxylic acids is 1. The third kappa shape index (κ3) is 5.19. The maximum Gasteiger partial charge on any atom is 0.376 e. The van der Waals surface area contributed by atoms with Crippen LogP contribution in [0.5, 0.6) is 5.75 Å². The molecule has 0 unspecified atom stereocenters. The standard InChI is InChI=1S/C15H21O5/c1-5-18-13-9-7-6-8-12(13)14(16)20-19-11-10-15(2,3)17-4/h6-9,11H,5,10H2,1-4H3. The molecular formula is C15H21O5. The normalized spacial score (nSPS) is 11.2. The number of benzene rings is 1. The Morgan fingerprint density at radius 3 is 2.65 bits per heavy atom. The predicted molar refractivity (Wildman–Crippen MR) is 74.1 cm³/mol. The Labute approximate surface area is 119 Å². The Kier molecular flexibility index (Phi) is 6.48. The summed E-state index contributed by atoms with van der Waals surface area (Å²) in [6.07, 6.45) is 0.490. The minimum atomic E-state index is -0.597. The van der Waals surface area contributed by atoms with Gasteiger partial charge >= 0.3 is 5.97 Å². The van der Waals surface area contributed by atoms with Crippen LogP contribution in [0, 0.1) is 6.61 Å². The molecule has 20 heavy (non-hydrogen) atoms. The van der Waals surface area contributed by atoms with Crippen molar-refractivity contribution in [2.75, 3.05) is 13.7 Å². The Morgan fingerprint density at radius 1 is 1.30 bits per heavy atom. The second-order valence-electron chi connectivity index (χ2n) is 4.73. The molecule has 0 aliphatic carbocycles. The Bertz CT molecular complexity index is 428. The summed E-state index contributed by atoms with van der Waals surface area (Å²) in [5.41, 5.74) is -0.0379. The maximum atomic E-state index is 11.9. The summed E-state index contributed by atoms with van der Waals surface area (Å²) in [4.78, 5) is 21.4. The molecule has 1 aromatic rings. The van der Waals surface area contributed by atoms with E-state index in [2.05, 4.69) is 0 Å². The van der Waals surface area contributed by atoms with E-state index in [1.54, 1.807) is 31.4 Å². The van der Waals surface area contributed by atoms with Crippen molar-refractivity contribution in [3.8, 4) is 5.75 Å². The van der Waals surface area contributed by atoms with Crippen molar-refractivity contribution in [1.82, 2.24) is 0 Å². The van der Waals surface area contributed by atoms with Crippen LogP contribution in [0.3, 0.4) is 0 Å². The predicted octanol–water partition coefficient (Wildman–Crippen LogP) is 3.15. The molecule has 0 amide bonds. The van der Waals surface area contributed by atoms with Crippen molar-refractivity contribution >= 4 is 5.97 Å². The molecule has 0 saturated carbocycles. The van der Waals surface area contributed by atoms with Crippen molar-refractivity contribution in [2.24, 2.45) is 0 Å². The SMILES string of the molecule is CCOc1ccccc1C(=O)OO[CH]CC(C)(C)OC. The molecule has 0 spiro atoms. The number of hydrogen-bond donors (Lipinski definition) is 0. The van der Waals surface area contributed by atoms with Crippen LogP contribution < -0.4 is 4.74 Å². The zero-order valence-electron chi connectivity index (χ0n) is 12.3. The fraction of sp³-hybridized carbons (Fsp3) is 0.467. The summed E-state index contributed by atoms with van der Waals surface area (Å²) in [6.45, 7) is 7.52. The van der Waals surface area contributed by atoms with Gasteiger partial charge in [0.2, 0.25) is 0 Å². The van der Waals surface area contributed by atoms with Crippen molar-refractivity contribution in [1.29, 1.82) is 0 Å². The van der Waals surface area contributed by atoms with Crippen LogP contribution in [-0.4, -0.2) is 25.3 Å². The van der Waals surface area contributed by atoms with Gasteiger partial charge in [0.15, 0.2) is 0 Å². The first-order chi connectivity index (χ1) is 9.50. The average Bonchev–Trinajstić information content (AvgIpc) is 2.44. The van der Waals surface area contributed by atoms with E-state index in [1.165, 1.54) is 6.61 Å². The quantitative estimate of drug-likeness (QED) is 0.416. The van der Waals surface area contributed by atoms with E-state index in [0.29, 0.717) is 24.3 Å². The fourth-order valence-electron chi connectivity index (χ4n) is 1.36. The molecule has 5 heteroatoms. The lowest BCUT2D eigenvalue weighted by Gasteiger charge is -2.21. The average molecular weight is 281 g/mol. The highest BCUT2D eigenvalue weighted by molar-refractivity contribution is 5.92. The zero-order chi connectivity index (χ0) is 15.0. The second kappa shape index (κ2) is 7.87. The van der Waals surface area contributed by atoms with Crippen molar-refractivity contribution in [3.05, 3.63) is 36.4 Å². The number of hydrogen-bond acceptors (Lipinski definition) is 5. The Hall–Kier alpha value is -1.59. The van der Waals surface area contributed by atoms with E-state index >= 15 is 0 Å². The largest absolute Gasteiger partial charge is 0.493 e. The molecule has 0 fully saturated rings. The molecule has 0 heterocycles. The molecule has 1 radical (unpaired) electrons. The summed E-state index contributed by atoms with van der Waals surface area (Å²) >= 11 is 0. The molecule has 5 nitrogen and oxygen atoms in total. The lowest BCUT2D eigenvalue weighted by Crippen LogP contribution is -2.23. The summed E-state index contributed by atoms with van der Waals surface area (Å²) < 4.78 is 10.6. The summed E-state index contributed by atoms with van der Waals surface area (Å²) in [5, 5.41) is 0. The van der Waals surface area contributed by atoms with Crippen LogP contribution in [0.15, 0.2) is 24.3 Å².